The Kier molecular flexibility index (Phi) is 4.61. The molecule has 0 radical (unpaired) electrons. The molecule has 0 spiro atoms. The fourth-order valence-corrected chi connectivity index (χ4v) is 2.66. The van der Waals surface area contributed by atoms with Gasteiger partial charge in [0, 0.05) is 32.4 Å². The third kappa shape index (κ3) is 3.24. The molecule has 1 N–H and O–H groups in total. The minimum absolute atomic E-state index is 0.366. The summed E-state index contributed by atoms with van der Waals surface area (Å²) in [7, 11) is 2.17. The van der Waals surface area contributed by atoms with Crippen molar-refractivity contribution in [1.82, 2.24) is 5.32 Å². The van der Waals surface area contributed by atoms with Crippen molar-refractivity contribution < 1.29 is 4.74 Å². The number of para-hydroxylation sites is 1. The van der Waals surface area contributed by atoms with E-state index in [2.05, 4.69) is 49.3 Å². The van der Waals surface area contributed by atoms with Crippen LogP contribution in [0.25, 0.3) is 0 Å². The van der Waals surface area contributed by atoms with Crippen LogP contribution in [-0.4, -0.2) is 39.4 Å². The van der Waals surface area contributed by atoms with Gasteiger partial charge in [0.2, 0.25) is 0 Å². The highest BCUT2D eigenvalue weighted by atomic mass is 16.5. The Bertz CT molecular complexity index is 366. The lowest BCUT2D eigenvalue weighted by Crippen LogP contribution is -2.40. The van der Waals surface area contributed by atoms with Gasteiger partial charge in [-0.05, 0) is 31.4 Å². The maximum absolute atomic E-state index is 5.74. The van der Waals surface area contributed by atoms with Crippen LogP contribution < -0.4 is 10.2 Å². The van der Waals surface area contributed by atoms with Crippen molar-refractivity contribution in [2.45, 2.75) is 26.4 Å². The summed E-state index contributed by atoms with van der Waals surface area (Å²) in [4.78, 5) is 2.35. The lowest BCUT2D eigenvalue weighted by atomic mass is 10.1. The van der Waals surface area contributed by atoms with Gasteiger partial charge in [-0.25, -0.2) is 0 Å². The van der Waals surface area contributed by atoms with E-state index in [4.69, 9.17) is 4.74 Å². The molecule has 18 heavy (non-hydrogen) atoms. The van der Waals surface area contributed by atoms with Crippen molar-refractivity contribution in [1.29, 1.82) is 0 Å². The van der Waals surface area contributed by atoms with E-state index < -0.39 is 0 Å². The number of hydrogen-bond donors (Lipinski definition) is 1. The van der Waals surface area contributed by atoms with E-state index in [0.717, 1.165) is 32.7 Å². The molecule has 0 saturated carbocycles. The average molecular weight is 248 g/mol. The lowest BCUT2D eigenvalue weighted by molar-refractivity contribution is 0.0250. The summed E-state index contributed by atoms with van der Waals surface area (Å²) in [6, 6.07) is 6.48. The maximum Gasteiger partial charge on any atom is 0.0716 e. The SMILES string of the molecule is Cc1cccc(C)c1N(C)CCC1CNCCO1. The molecule has 1 aliphatic heterocycles. The average Bonchev–Trinajstić information content (AvgIpc) is 2.37. The highest BCUT2D eigenvalue weighted by molar-refractivity contribution is 5.58. The van der Waals surface area contributed by atoms with Crippen LogP contribution in [0.1, 0.15) is 17.5 Å². The molecule has 1 heterocycles. The van der Waals surface area contributed by atoms with Crippen LogP contribution >= 0.6 is 0 Å². The van der Waals surface area contributed by atoms with Crippen LogP contribution in [0.15, 0.2) is 18.2 Å². The second-order valence-corrected chi connectivity index (χ2v) is 5.15. The first-order chi connectivity index (χ1) is 8.68. The van der Waals surface area contributed by atoms with Crippen LogP contribution in [-0.2, 0) is 4.74 Å². The van der Waals surface area contributed by atoms with Gasteiger partial charge in [0.05, 0.1) is 12.7 Å². The zero-order chi connectivity index (χ0) is 13.0. The Labute approximate surface area is 110 Å². The van der Waals surface area contributed by atoms with Crippen LogP contribution in [0.5, 0.6) is 0 Å². The number of morpholine rings is 1. The molecule has 0 amide bonds. The second kappa shape index (κ2) is 6.21. The Morgan fingerprint density at radius 3 is 2.67 bits per heavy atom. The minimum atomic E-state index is 0.366. The highest BCUT2D eigenvalue weighted by Crippen LogP contribution is 2.23. The molecule has 1 saturated heterocycles. The number of nitrogens with zero attached hydrogens (tertiary/aromatic N) is 1. The molecular weight excluding hydrogens is 224 g/mol. The third-order valence-electron chi connectivity index (χ3n) is 3.61. The molecular formula is C15H24N2O. The number of ether oxygens (including phenoxy) is 1. The first kappa shape index (κ1) is 13.4. The van der Waals surface area contributed by atoms with Crippen molar-refractivity contribution in [3.8, 4) is 0 Å². The molecule has 0 bridgehead atoms. The molecule has 1 atom stereocenters. The Balaban J connectivity index is 1.92. The fraction of sp³-hybridized carbons (Fsp3) is 0.600. The van der Waals surface area contributed by atoms with Crippen LogP contribution in [0.2, 0.25) is 0 Å². The van der Waals surface area contributed by atoms with E-state index in [1.807, 2.05) is 0 Å². The van der Waals surface area contributed by atoms with Gasteiger partial charge >= 0.3 is 0 Å². The third-order valence-corrected chi connectivity index (χ3v) is 3.61. The lowest BCUT2D eigenvalue weighted by Gasteiger charge is -2.28. The molecule has 3 nitrogen and oxygen atoms in total. The largest absolute Gasteiger partial charge is 0.376 e. The quantitative estimate of drug-likeness (QED) is 0.883. The number of anilines is 1. The smallest absolute Gasteiger partial charge is 0.0716 e. The Morgan fingerprint density at radius 1 is 1.33 bits per heavy atom. The van der Waals surface area contributed by atoms with E-state index in [9.17, 15) is 0 Å². The summed E-state index contributed by atoms with van der Waals surface area (Å²) in [6.45, 7) is 8.22. The van der Waals surface area contributed by atoms with E-state index in [-0.39, 0.29) is 0 Å². The summed E-state index contributed by atoms with van der Waals surface area (Å²) in [6.07, 6.45) is 1.45. The number of hydrogen-bond acceptors (Lipinski definition) is 3. The minimum Gasteiger partial charge on any atom is -0.376 e. The number of benzene rings is 1. The summed E-state index contributed by atoms with van der Waals surface area (Å²) in [5.41, 5.74) is 4.06. The van der Waals surface area contributed by atoms with Gasteiger partial charge in [0.1, 0.15) is 0 Å². The fourth-order valence-electron chi connectivity index (χ4n) is 2.66. The monoisotopic (exact) mass is 248 g/mol. The van der Waals surface area contributed by atoms with Gasteiger partial charge in [-0.1, -0.05) is 18.2 Å². The summed E-state index contributed by atoms with van der Waals surface area (Å²) < 4.78 is 5.74. The van der Waals surface area contributed by atoms with Crippen LogP contribution in [0.3, 0.4) is 0 Å². The predicted molar refractivity (Wildman–Crippen MR) is 76.4 cm³/mol. The van der Waals surface area contributed by atoms with Gasteiger partial charge in [0.25, 0.3) is 0 Å². The van der Waals surface area contributed by atoms with Gasteiger partial charge in [-0.2, -0.15) is 0 Å². The molecule has 0 aliphatic carbocycles. The van der Waals surface area contributed by atoms with Gasteiger partial charge in [-0.3, -0.25) is 0 Å². The molecule has 1 aliphatic rings. The molecule has 1 aromatic rings. The van der Waals surface area contributed by atoms with Crippen molar-refractivity contribution >= 4 is 5.69 Å². The number of aryl methyl sites for hydroxylation is 2. The van der Waals surface area contributed by atoms with Crippen molar-refractivity contribution in [3.05, 3.63) is 29.3 Å². The molecule has 3 heteroatoms. The molecule has 100 valence electrons. The van der Waals surface area contributed by atoms with E-state index >= 15 is 0 Å². The zero-order valence-electron chi connectivity index (χ0n) is 11.7. The van der Waals surface area contributed by atoms with Crippen molar-refractivity contribution in [2.24, 2.45) is 0 Å². The molecule has 1 unspecified atom stereocenters. The maximum atomic E-state index is 5.74. The molecule has 1 fully saturated rings. The zero-order valence-corrected chi connectivity index (χ0v) is 11.7. The Morgan fingerprint density at radius 2 is 2.06 bits per heavy atom. The molecule has 2 rings (SSSR count). The van der Waals surface area contributed by atoms with Gasteiger partial charge in [-0.15, -0.1) is 0 Å². The Hall–Kier alpha value is -1.06. The number of rotatable bonds is 4. The normalized spacial score (nSPS) is 19.8. The van der Waals surface area contributed by atoms with E-state index in [0.29, 0.717) is 6.10 Å². The second-order valence-electron chi connectivity index (χ2n) is 5.15. The topological polar surface area (TPSA) is 24.5 Å². The van der Waals surface area contributed by atoms with Crippen LogP contribution in [0, 0.1) is 13.8 Å². The van der Waals surface area contributed by atoms with E-state index in [1.54, 1.807) is 0 Å². The first-order valence-corrected chi connectivity index (χ1v) is 6.78. The summed E-state index contributed by atoms with van der Waals surface area (Å²) in [5.74, 6) is 0. The van der Waals surface area contributed by atoms with Gasteiger partial charge < -0.3 is 15.0 Å². The standard InChI is InChI=1S/C15H24N2O/c1-12-5-4-6-13(2)15(12)17(3)9-7-14-11-16-8-10-18-14/h4-6,14,16H,7-11H2,1-3H3. The summed E-state index contributed by atoms with van der Waals surface area (Å²) >= 11 is 0. The molecule has 0 aromatic heterocycles. The van der Waals surface area contributed by atoms with Gasteiger partial charge in [0.15, 0.2) is 0 Å². The van der Waals surface area contributed by atoms with E-state index in [1.165, 1.54) is 16.8 Å². The van der Waals surface area contributed by atoms with Crippen LogP contribution in [0.4, 0.5) is 5.69 Å². The highest BCUT2D eigenvalue weighted by Gasteiger charge is 2.15. The first-order valence-electron chi connectivity index (χ1n) is 6.78. The predicted octanol–water partition coefficient (Wildman–Crippen LogP) is 2.12. The van der Waals surface area contributed by atoms with Crippen molar-refractivity contribution in [3.63, 3.8) is 0 Å². The molecule has 1 aromatic carbocycles. The number of nitrogens with one attached hydrogen (secondary N) is 1. The van der Waals surface area contributed by atoms with Crippen molar-refractivity contribution in [2.75, 3.05) is 38.2 Å². The summed E-state index contributed by atoms with van der Waals surface area (Å²) in [5, 5.41) is 3.38.